The quantitative estimate of drug-likeness (QED) is 0.673. The van der Waals surface area contributed by atoms with Crippen LogP contribution in [0.15, 0.2) is 30.3 Å². The molecule has 0 aliphatic heterocycles. The zero-order valence-electron chi connectivity index (χ0n) is 9.26. The van der Waals surface area contributed by atoms with Gasteiger partial charge < -0.3 is 10.2 Å². The summed E-state index contributed by atoms with van der Waals surface area (Å²) in [7, 11) is 0. The predicted octanol–water partition coefficient (Wildman–Crippen LogP) is 1.00. The molecule has 0 heterocycles. The molecule has 1 aromatic rings. The number of nitrogens with one attached hydrogen (secondary N) is 1. The molecule has 4 heteroatoms. The van der Waals surface area contributed by atoms with Crippen LogP contribution in [0, 0.1) is 0 Å². The molecule has 4 nitrogen and oxygen atoms in total. The van der Waals surface area contributed by atoms with Crippen molar-refractivity contribution in [2.24, 2.45) is 0 Å². The van der Waals surface area contributed by atoms with E-state index >= 15 is 0 Å². The molecule has 0 saturated carbocycles. The lowest BCUT2D eigenvalue weighted by Crippen LogP contribution is -2.45. The van der Waals surface area contributed by atoms with Crippen molar-refractivity contribution in [3.05, 3.63) is 35.9 Å². The van der Waals surface area contributed by atoms with Crippen molar-refractivity contribution in [3.63, 3.8) is 0 Å². The fraction of sp³-hybridized carbons (Fsp3) is 0.417. The number of hydrogen-bond acceptors (Lipinski definition) is 3. The van der Waals surface area contributed by atoms with Crippen LogP contribution < -0.4 is 5.32 Å². The minimum atomic E-state index is -1.02. The Balaban J connectivity index is 2.54. The largest absolute Gasteiger partial charge is 0.480 e. The number of benzene rings is 1. The van der Waals surface area contributed by atoms with Crippen molar-refractivity contribution in [3.8, 4) is 0 Å². The van der Waals surface area contributed by atoms with Gasteiger partial charge >= 0.3 is 5.97 Å². The molecule has 88 valence electrons. The monoisotopic (exact) mass is 223 g/mol. The maximum atomic E-state index is 10.9. The van der Waals surface area contributed by atoms with Crippen molar-refractivity contribution in [2.75, 3.05) is 0 Å². The maximum absolute atomic E-state index is 10.9. The van der Waals surface area contributed by atoms with Crippen molar-refractivity contribution in [1.82, 2.24) is 5.32 Å². The first kappa shape index (κ1) is 12.7. The van der Waals surface area contributed by atoms with E-state index in [2.05, 4.69) is 5.32 Å². The highest BCUT2D eigenvalue weighted by Gasteiger charge is 2.24. The molecular formula is C12H17NO3. The number of aliphatic hydroxyl groups is 1. The van der Waals surface area contributed by atoms with Gasteiger partial charge in [0.1, 0.15) is 6.04 Å². The van der Waals surface area contributed by atoms with E-state index in [-0.39, 0.29) is 0 Å². The average molecular weight is 223 g/mol. The first-order valence-electron chi connectivity index (χ1n) is 5.33. The topological polar surface area (TPSA) is 69.6 Å². The normalized spacial score (nSPS) is 14.4. The molecule has 0 spiro atoms. The van der Waals surface area contributed by atoms with E-state index in [1.54, 1.807) is 6.92 Å². The molecule has 0 fully saturated rings. The fourth-order valence-corrected chi connectivity index (χ4v) is 1.45. The third kappa shape index (κ3) is 3.64. The molecule has 3 N–H and O–H groups in total. The van der Waals surface area contributed by atoms with Gasteiger partial charge in [0.25, 0.3) is 0 Å². The van der Waals surface area contributed by atoms with Gasteiger partial charge in [0.15, 0.2) is 0 Å². The molecule has 2 atom stereocenters. The minimum Gasteiger partial charge on any atom is -0.480 e. The molecule has 1 rings (SSSR count). The number of rotatable bonds is 6. The Labute approximate surface area is 94.9 Å². The SMILES string of the molecule is CCC(O)C(NCc1ccccc1)C(=O)O. The number of aliphatic carboxylic acids is 1. The minimum absolute atomic E-state index is 0.415. The van der Waals surface area contributed by atoms with E-state index in [0.29, 0.717) is 13.0 Å². The molecule has 0 aliphatic carbocycles. The van der Waals surface area contributed by atoms with Crippen molar-refractivity contribution in [1.29, 1.82) is 0 Å². The van der Waals surface area contributed by atoms with Crippen molar-refractivity contribution >= 4 is 5.97 Å². The number of carboxylic acid groups (broad SMARTS) is 1. The van der Waals surface area contributed by atoms with Crippen LogP contribution in [-0.2, 0) is 11.3 Å². The lowest BCUT2D eigenvalue weighted by molar-refractivity contribution is -0.142. The summed E-state index contributed by atoms with van der Waals surface area (Å²) in [6.07, 6.45) is -0.445. The number of carbonyl (C=O) groups is 1. The van der Waals surface area contributed by atoms with Gasteiger partial charge in [-0.1, -0.05) is 37.3 Å². The highest BCUT2D eigenvalue weighted by atomic mass is 16.4. The van der Waals surface area contributed by atoms with E-state index in [0.717, 1.165) is 5.56 Å². The van der Waals surface area contributed by atoms with Gasteiger partial charge in [-0.2, -0.15) is 0 Å². The summed E-state index contributed by atoms with van der Waals surface area (Å²) < 4.78 is 0. The van der Waals surface area contributed by atoms with Crippen molar-refractivity contribution in [2.45, 2.75) is 32.0 Å². The summed E-state index contributed by atoms with van der Waals surface area (Å²) in [4.78, 5) is 10.9. The number of carboxylic acids is 1. The molecule has 0 aromatic heterocycles. The molecule has 16 heavy (non-hydrogen) atoms. The zero-order valence-corrected chi connectivity index (χ0v) is 9.26. The smallest absolute Gasteiger partial charge is 0.323 e. The second-order valence-corrected chi connectivity index (χ2v) is 3.66. The Morgan fingerprint density at radius 2 is 2.00 bits per heavy atom. The molecule has 0 radical (unpaired) electrons. The van der Waals surface area contributed by atoms with Gasteiger partial charge in [-0.05, 0) is 12.0 Å². The number of aliphatic hydroxyl groups excluding tert-OH is 1. The Kier molecular flexibility index (Phi) is 4.95. The second-order valence-electron chi connectivity index (χ2n) is 3.66. The third-order valence-electron chi connectivity index (χ3n) is 2.44. The van der Waals surface area contributed by atoms with Gasteiger partial charge in [-0.15, -0.1) is 0 Å². The van der Waals surface area contributed by atoms with Crippen LogP contribution in [-0.4, -0.2) is 28.3 Å². The summed E-state index contributed by atoms with van der Waals surface area (Å²) in [5.41, 5.74) is 0.997. The Hall–Kier alpha value is -1.39. The Morgan fingerprint density at radius 1 is 1.38 bits per heavy atom. The molecule has 0 bridgehead atoms. The van der Waals surface area contributed by atoms with E-state index < -0.39 is 18.1 Å². The average Bonchev–Trinajstić information content (AvgIpc) is 2.30. The summed E-state index contributed by atoms with van der Waals surface area (Å²) in [6, 6.07) is 8.59. The molecule has 0 aliphatic rings. The van der Waals surface area contributed by atoms with Crippen LogP contribution in [0.5, 0.6) is 0 Å². The van der Waals surface area contributed by atoms with Crippen LogP contribution in [0.3, 0.4) is 0 Å². The lowest BCUT2D eigenvalue weighted by atomic mass is 10.1. The van der Waals surface area contributed by atoms with E-state index in [9.17, 15) is 9.90 Å². The predicted molar refractivity (Wildman–Crippen MR) is 61.0 cm³/mol. The molecule has 0 saturated heterocycles. The highest BCUT2D eigenvalue weighted by Crippen LogP contribution is 2.02. The number of hydrogen-bond donors (Lipinski definition) is 3. The molecule has 2 unspecified atom stereocenters. The lowest BCUT2D eigenvalue weighted by Gasteiger charge is -2.19. The molecule has 1 aromatic carbocycles. The van der Waals surface area contributed by atoms with Crippen LogP contribution in [0.1, 0.15) is 18.9 Å². The summed E-state index contributed by atoms with van der Waals surface area (Å²) in [5.74, 6) is -1.02. The standard InChI is InChI=1S/C12H17NO3/c1-2-10(14)11(12(15)16)13-8-9-6-4-3-5-7-9/h3-7,10-11,13-14H,2,8H2,1H3,(H,15,16). The van der Waals surface area contributed by atoms with Gasteiger partial charge in [-0.3, -0.25) is 10.1 Å². The first-order chi connectivity index (χ1) is 7.65. The van der Waals surface area contributed by atoms with Gasteiger partial charge in [0, 0.05) is 6.54 Å². The van der Waals surface area contributed by atoms with E-state index in [1.165, 1.54) is 0 Å². The van der Waals surface area contributed by atoms with Gasteiger partial charge in [0.2, 0.25) is 0 Å². The molecular weight excluding hydrogens is 206 g/mol. The Morgan fingerprint density at radius 3 is 2.50 bits per heavy atom. The van der Waals surface area contributed by atoms with Crippen LogP contribution in [0.4, 0.5) is 0 Å². The zero-order chi connectivity index (χ0) is 12.0. The van der Waals surface area contributed by atoms with Gasteiger partial charge in [0.05, 0.1) is 6.10 Å². The summed E-state index contributed by atoms with van der Waals surface area (Å²) in [6.45, 7) is 2.19. The van der Waals surface area contributed by atoms with Gasteiger partial charge in [-0.25, -0.2) is 0 Å². The van der Waals surface area contributed by atoms with Crippen LogP contribution in [0.25, 0.3) is 0 Å². The molecule has 0 amide bonds. The third-order valence-corrected chi connectivity index (χ3v) is 2.44. The van der Waals surface area contributed by atoms with Crippen LogP contribution >= 0.6 is 0 Å². The first-order valence-corrected chi connectivity index (χ1v) is 5.33. The van der Waals surface area contributed by atoms with Crippen molar-refractivity contribution < 1.29 is 15.0 Å². The second kappa shape index (κ2) is 6.25. The highest BCUT2D eigenvalue weighted by molar-refractivity contribution is 5.74. The maximum Gasteiger partial charge on any atom is 0.323 e. The summed E-state index contributed by atoms with van der Waals surface area (Å²) in [5, 5.41) is 21.3. The van der Waals surface area contributed by atoms with Crippen LogP contribution in [0.2, 0.25) is 0 Å². The Bertz CT molecular complexity index is 326. The fourth-order valence-electron chi connectivity index (χ4n) is 1.45. The van der Waals surface area contributed by atoms with E-state index in [4.69, 9.17) is 5.11 Å². The summed E-state index contributed by atoms with van der Waals surface area (Å²) >= 11 is 0. The van der Waals surface area contributed by atoms with E-state index in [1.807, 2.05) is 30.3 Å².